The van der Waals surface area contributed by atoms with E-state index in [-0.39, 0.29) is 22.5 Å². The molecule has 0 fully saturated rings. The molecule has 0 aliphatic heterocycles. The van der Waals surface area contributed by atoms with Gasteiger partial charge in [0.05, 0.1) is 17.1 Å². The van der Waals surface area contributed by atoms with E-state index in [9.17, 15) is 10.1 Å². The van der Waals surface area contributed by atoms with Crippen molar-refractivity contribution < 1.29 is 4.92 Å². The highest BCUT2D eigenvalue weighted by Crippen LogP contribution is 2.28. The normalized spacial score (nSPS) is 11.8. The smallest absolute Gasteiger partial charge is 0.219 e. The third kappa shape index (κ3) is 3.91. The van der Waals surface area contributed by atoms with E-state index in [0.29, 0.717) is 0 Å². The Hall–Kier alpha value is -1.54. The fraction of sp³-hybridized carbons (Fsp3) is 0.364. The molecule has 4 nitrogen and oxygen atoms in total. The first-order chi connectivity index (χ1) is 7.63. The first kappa shape index (κ1) is 12.5. The van der Waals surface area contributed by atoms with Crippen molar-refractivity contribution in [2.75, 3.05) is 12.3 Å². The number of aryl methyl sites for hydroxylation is 1. The number of benzene rings is 1. The highest BCUT2D eigenvalue weighted by Gasteiger charge is 2.17. The standard InChI is InChI=1S/C11H12N2O2S/c1-9-2-4-10(5-3-9)11(8-13(14)15)16-7-6-12/h2-5,11H,7-8H2,1H3. The number of rotatable bonds is 5. The molecule has 0 radical (unpaired) electrons. The van der Waals surface area contributed by atoms with Crippen LogP contribution in [0.2, 0.25) is 0 Å². The summed E-state index contributed by atoms with van der Waals surface area (Å²) in [6.45, 7) is 1.82. The van der Waals surface area contributed by atoms with E-state index in [2.05, 4.69) is 0 Å². The van der Waals surface area contributed by atoms with Crippen LogP contribution in [0.3, 0.4) is 0 Å². The van der Waals surface area contributed by atoms with Crippen molar-refractivity contribution in [3.8, 4) is 6.07 Å². The number of nitrogens with zero attached hydrogens (tertiary/aromatic N) is 2. The first-order valence-corrected chi connectivity index (χ1v) is 5.85. The maximum absolute atomic E-state index is 10.5. The van der Waals surface area contributed by atoms with Crippen molar-refractivity contribution >= 4 is 11.8 Å². The minimum Gasteiger partial charge on any atom is -0.264 e. The lowest BCUT2D eigenvalue weighted by atomic mass is 10.1. The van der Waals surface area contributed by atoms with Crippen molar-refractivity contribution in [1.82, 2.24) is 0 Å². The quantitative estimate of drug-likeness (QED) is 0.582. The number of nitriles is 1. The minimum absolute atomic E-state index is 0.143. The van der Waals surface area contributed by atoms with Gasteiger partial charge in [-0.3, -0.25) is 10.1 Å². The average Bonchev–Trinajstić information content (AvgIpc) is 2.25. The molecule has 0 spiro atoms. The molecule has 1 atom stereocenters. The predicted octanol–water partition coefficient (Wildman–Crippen LogP) is 2.57. The van der Waals surface area contributed by atoms with Gasteiger partial charge in [0.1, 0.15) is 0 Å². The largest absolute Gasteiger partial charge is 0.264 e. The van der Waals surface area contributed by atoms with Gasteiger partial charge in [-0.05, 0) is 12.5 Å². The SMILES string of the molecule is Cc1ccc(C(C[N+](=O)[O-])SCC#N)cc1. The Bertz CT molecular complexity index is 397. The van der Waals surface area contributed by atoms with Crippen molar-refractivity contribution in [1.29, 1.82) is 5.26 Å². The van der Waals surface area contributed by atoms with Crippen LogP contribution in [-0.4, -0.2) is 17.2 Å². The van der Waals surface area contributed by atoms with Crippen LogP contribution in [0, 0.1) is 28.4 Å². The molecule has 5 heteroatoms. The average molecular weight is 236 g/mol. The molecule has 0 N–H and O–H groups in total. The van der Waals surface area contributed by atoms with Crippen molar-refractivity contribution in [3.63, 3.8) is 0 Å². The molecule has 0 saturated carbocycles. The van der Waals surface area contributed by atoms with Crippen molar-refractivity contribution in [3.05, 3.63) is 45.5 Å². The van der Waals surface area contributed by atoms with Crippen LogP contribution in [-0.2, 0) is 0 Å². The van der Waals surface area contributed by atoms with Gasteiger partial charge in [0.25, 0.3) is 0 Å². The van der Waals surface area contributed by atoms with E-state index >= 15 is 0 Å². The van der Waals surface area contributed by atoms with E-state index in [1.807, 2.05) is 37.3 Å². The second kappa shape index (κ2) is 6.13. The number of nitro groups is 1. The molecule has 0 bridgehead atoms. The molecule has 1 aromatic rings. The van der Waals surface area contributed by atoms with E-state index in [1.165, 1.54) is 11.8 Å². The second-order valence-corrected chi connectivity index (χ2v) is 4.57. The highest BCUT2D eigenvalue weighted by atomic mass is 32.2. The molecule has 1 unspecified atom stereocenters. The molecule has 0 aliphatic rings. The summed E-state index contributed by atoms with van der Waals surface area (Å²) in [5, 5.41) is 18.8. The van der Waals surface area contributed by atoms with Crippen LogP contribution in [0.25, 0.3) is 0 Å². The van der Waals surface area contributed by atoms with Gasteiger partial charge in [-0.25, -0.2) is 0 Å². The summed E-state index contributed by atoms with van der Waals surface area (Å²) < 4.78 is 0. The molecule has 84 valence electrons. The van der Waals surface area contributed by atoms with Crippen molar-refractivity contribution in [2.24, 2.45) is 0 Å². The Morgan fingerprint density at radius 3 is 2.62 bits per heavy atom. The summed E-state index contributed by atoms with van der Waals surface area (Å²) in [4.78, 5) is 10.2. The zero-order valence-electron chi connectivity index (χ0n) is 8.92. The fourth-order valence-corrected chi connectivity index (χ4v) is 2.16. The van der Waals surface area contributed by atoms with Gasteiger partial charge in [0, 0.05) is 4.92 Å². The zero-order chi connectivity index (χ0) is 12.0. The van der Waals surface area contributed by atoms with Crippen LogP contribution in [0.5, 0.6) is 0 Å². The Morgan fingerprint density at radius 1 is 1.50 bits per heavy atom. The lowest BCUT2D eigenvalue weighted by Crippen LogP contribution is -2.10. The van der Waals surface area contributed by atoms with Gasteiger partial charge in [-0.15, -0.1) is 11.8 Å². The Kier molecular flexibility index (Phi) is 4.80. The molecule has 0 aromatic heterocycles. The summed E-state index contributed by atoms with van der Waals surface area (Å²) >= 11 is 1.31. The third-order valence-corrected chi connectivity index (χ3v) is 3.23. The highest BCUT2D eigenvalue weighted by molar-refractivity contribution is 7.99. The van der Waals surface area contributed by atoms with Gasteiger partial charge in [0.15, 0.2) is 0 Å². The summed E-state index contributed by atoms with van der Waals surface area (Å²) in [6.07, 6.45) is 0. The van der Waals surface area contributed by atoms with Crippen molar-refractivity contribution in [2.45, 2.75) is 12.2 Å². The zero-order valence-corrected chi connectivity index (χ0v) is 9.74. The number of thioether (sulfide) groups is 1. The van der Waals surface area contributed by atoms with Gasteiger partial charge in [0.2, 0.25) is 6.54 Å². The molecule has 0 saturated heterocycles. The minimum atomic E-state index is -0.338. The van der Waals surface area contributed by atoms with Gasteiger partial charge in [-0.2, -0.15) is 5.26 Å². The van der Waals surface area contributed by atoms with E-state index < -0.39 is 0 Å². The van der Waals surface area contributed by atoms with Crippen LogP contribution < -0.4 is 0 Å². The van der Waals surface area contributed by atoms with Crippen LogP contribution in [0.4, 0.5) is 0 Å². The summed E-state index contributed by atoms with van der Waals surface area (Å²) in [7, 11) is 0. The van der Waals surface area contributed by atoms with E-state index in [4.69, 9.17) is 5.26 Å². The Balaban J connectivity index is 2.79. The molecular formula is C11H12N2O2S. The monoisotopic (exact) mass is 236 g/mol. The molecule has 1 aromatic carbocycles. The molecule has 0 aliphatic carbocycles. The lowest BCUT2D eigenvalue weighted by Gasteiger charge is -2.11. The van der Waals surface area contributed by atoms with Gasteiger partial charge in [-0.1, -0.05) is 29.8 Å². The number of hydrogen-bond donors (Lipinski definition) is 0. The molecular weight excluding hydrogens is 224 g/mol. The summed E-state index contributed by atoms with van der Waals surface area (Å²) in [5.74, 6) is 0.270. The molecule has 0 heterocycles. The Morgan fingerprint density at radius 2 is 2.12 bits per heavy atom. The molecule has 16 heavy (non-hydrogen) atoms. The van der Waals surface area contributed by atoms with Crippen LogP contribution in [0.1, 0.15) is 16.4 Å². The van der Waals surface area contributed by atoms with Gasteiger partial charge < -0.3 is 0 Å². The fourth-order valence-electron chi connectivity index (χ4n) is 1.31. The van der Waals surface area contributed by atoms with E-state index in [0.717, 1.165) is 11.1 Å². The maximum Gasteiger partial charge on any atom is 0.219 e. The second-order valence-electron chi connectivity index (χ2n) is 3.38. The van der Waals surface area contributed by atoms with Crippen LogP contribution in [0.15, 0.2) is 24.3 Å². The number of hydrogen-bond acceptors (Lipinski definition) is 4. The maximum atomic E-state index is 10.5. The third-order valence-electron chi connectivity index (χ3n) is 2.11. The molecule has 0 amide bonds. The predicted molar refractivity (Wildman–Crippen MR) is 63.9 cm³/mol. The Labute approximate surface area is 98.4 Å². The summed E-state index contributed by atoms with van der Waals surface area (Å²) in [6, 6.07) is 9.61. The molecule has 1 rings (SSSR count). The van der Waals surface area contributed by atoms with E-state index in [1.54, 1.807) is 0 Å². The van der Waals surface area contributed by atoms with Crippen LogP contribution >= 0.6 is 11.8 Å². The first-order valence-electron chi connectivity index (χ1n) is 4.80. The topological polar surface area (TPSA) is 66.9 Å². The van der Waals surface area contributed by atoms with Gasteiger partial charge >= 0.3 is 0 Å². The lowest BCUT2D eigenvalue weighted by molar-refractivity contribution is -0.479. The summed E-state index contributed by atoms with van der Waals surface area (Å²) in [5.41, 5.74) is 2.02.